The molecule has 1 heterocycles. The number of pyridine rings is 1. The minimum atomic E-state index is -0.706. The highest BCUT2D eigenvalue weighted by atomic mass is 16.5. The summed E-state index contributed by atoms with van der Waals surface area (Å²) < 4.78 is 5.55. The molecule has 1 aromatic heterocycles. The number of carbonyl (C=O) groups is 3. The molecule has 0 bridgehead atoms. The van der Waals surface area contributed by atoms with Crippen molar-refractivity contribution in [2.45, 2.75) is 31.8 Å². The van der Waals surface area contributed by atoms with E-state index < -0.39 is 11.8 Å². The van der Waals surface area contributed by atoms with Crippen molar-refractivity contribution < 1.29 is 19.1 Å². The highest BCUT2D eigenvalue weighted by Crippen LogP contribution is 2.21. The molecule has 0 aliphatic carbocycles. The summed E-state index contributed by atoms with van der Waals surface area (Å²) in [5.41, 5.74) is 9.58. The molecule has 0 aliphatic heterocycles. The summed E-state index contributed by atoms with van der Waals surface area (Å²) in [6, 6.07) is 27.5. The van der Waals surface area contributed by atoms with Crippen LogP contribution in [-0.4, -0.2) is 42.4 Å². The van der Waals surface area contributed by atoms with Crippen molar-refractivity contribution in [2.75, 3.05) is 19.7 Å². The minimum absolute atomic E-state index is 0.0575. The Labute approximate surface area is 251 Å². The number of nitrogens with two attached hydrogens (primary N) is 1. The molecule has 0 spiro atoms. The molecule has 3 aromatic carbocycles. The van der Waals surface area contributed by atoms with Crippen LogP contribution in [0.5, 0.6) is 5.75 Å². The van der Waals surface area contributed by atoms with E-state index in [0.29, 0.717) is 36.6 Å². The number of benzene rings is 3. The van der Waals surface area contributed by atoms with Gasteiger partial charge in [0.1, 0.15) is 5.75 Å². The van der Waals surface area contributed by atoms with Gasteiger partial charge in [-0.2, -0.15) is 0 Å². The van der Waals surface area contributed by atoms with Gasteiger partial charge in [-0.15, -0.1) is 0 Å². The number of nitrogens with one attached hydrogen (secondary N) is 3. The fraction of sp³-hybridized carbons (Fsp3) is 0.235. The Morgan fingerprint density at radius 3 is 1.93 bits per heavy atom. The zero-order valence-electron chi connectivity index (χ0n) is 24.2. The van der Waals surface area contributed by atoms with Gasteiger partial charge in [0.25, 0.3) is 5.91 Å². The van der Waals surface area contributed by atoms with E-state index in [4.69, 9.17) is 10.5 Å². The average molecular weight is 580 g/mol. The van der Waals surface area contributed by atoms with Crippen molar-refractivity contribution >= 4 is 17.7 Å². The van der Waals surface area contributed by atoms with Gasteiger partial charge in [-0.1, -0.05) is 66.7 Å². The summed E-state index contributed by atoms with van der Waals surface area (Å²) >= 11 is 0. The predicted molar refractivity (Wildman–Crippen MR) is 165 cm³/mol. The third kappa shape index (κ3) is 8.98. The maximum absolute atomic E-state index is 13.7. The molecule has 9 heteroatoms. The van der Waals surface area contributed by atoms with Gasteiger partial charge in [0.05, 0.1) is 18.4 Å². The SMILES string of the molecule is CCOc1ccc([C@@H](CNC(=O)c2ccncc2)C(=O)NC[C@H](C(=O)NCc2ccc(CN)cc2)c2ccccc2)cc1. The van der Waals surface area contributed by atoms with Gasteiger partial charge < -0.3 is 26.4 Å². The monoisotopic (exact) mass is 579 g/mol. The number of rotatable bonds is 14. The Balaban J connectivity index is 1.48. The molecule has 0 fully saturated rings. The second-order valence-electron chi connectivity index (χ2n) is 9.95. The molecule has 4 aromatic rings. The summed E-state index contributed by atoms with van der Waals surface area (Å²) in [6.45, 7) is 3.35. The number of aromatic nitrogens is 1. The first-order valence-corrected chi connectivity index (χ1v) is 14.3. The van der Waals surface area contributed by atoms with Gasteiger partial charge in [-0.3, -0.25) is 19.4 Å². The van der Waals surface area contributed by atoms with Gasteiger partial charge in [0, 0.05) is 44.1 Å². The van der Waals surface area contributed by atoms with Crippen LogP contribution in [0.25, 0.3) is 0 Å². The lowest BCUT2D eigenvalue weighted by molar-refractivity contribution is -0.124. The Morgan fingerprint density at radius 2 is 1.30 bits per heavy atom. The second kappa shape index (κ2) is 15.8. The molecule has 2 atom stereocenters. The van der Waals surface area contributed by atoms with Crippen molar-refractivity contribution in [3.05, 3.63) is 131 Å². The highest BCUT2D eigenvalue weighted by molar-refractivity contribution is 5.94. The summed E-state index contributed by atoms with van der Waals surface area (Å²) in [5, 5.41) is 8.83. The summed E-state index contributed by atoms with van der Waals surface area (Å²) in [5.74, 6) is -1.48. The molecule has 0 unspecified atom stereocenters. The molecule has 3 amide bonds. The first-order chi connectivity index (χ1) is 21.0. The molecule has 0 radical (unpaired) electrons. The van der Waals surface area contributed by atoms with Crippen molar-refractivity contribution in [2.24, 2.45) is 5.73 Å². The zero-order valence-corrected chi connectivity index (χ0v) is 24.2. The van der Waals surface area contributed by atoms with Crippen molar-refractivity contribution in [1.82, 2.24) is 20.9 Å². The average Bonchev–Trinajstić information content (AvgIpc) is 3.06. The number of hydrogen-bond donors (Lipinski definition) is 4. The number of nitrogens with zero attached hydrogens (tertiary/aromatic N) is 1. The van der Waals surface area contributed by atoms with Gasteiger partial charge >= 0.3 is 0 Å². The molecule has 43 heavy (non-hydrogen) atoms. The number of amides is 3. The van der Waals surface area contributed by atoms with Crippen molar-refractivity contribution in [3.8, 4) is 5.75 Å². The van der Waals surface area contributed by atoms with Gasteiger partial charge in [0.15, 0.2) is 0 Å². The second-order valence-corrected chi connectivity index (χ2v) is 9.95. The van der Waals surface area contributed by atoms with Crippen LogP contribution in [0.3, 0.4) is 0 Å². The predicted octanol–water partition coefficient (Wildman–Crippen LogP) is 3.67. The Bertz CT molecular complexity index is 1460. The first kappa shape index (κ1) is 30.9. The molecule has 9 nitrogen and oxygen atoms in total. The molecule has 0 aliphatic rings. The van der Waals surface area contributed by atoms with E-state index in [1.54, 1.807) is 24.3 Å². The van der Waals surface area contributed by atoms with Crippen molar-refractivity contribution in [1.29, 1.82) is 0 Å². The quantitative estimate of drug-likeness (QED) is 0.180. The Morgan fingerprint density at radius 1 is 0.721 bits per heavy atom. The molecule has 0 saturated heterocycles. The van der Waals surface area contributed by atoms with Crippen LogP contribution < -0.4 is 26.4 Å². The molecular formula is C34H37N5O4. The standard InChI is InChI=1S/C34H37N5O4/c1-2-43-29-14-12-27(13-15-29)31(22-38-32(40)28-16-18-36-19-17-28)34(42)39-23-30(26-6-4-3-5-7-26)33(41)37-21-25-10-8-24(20-35)9-11-25/h3-19,30-31H,2,20-23,35H2,1H3,(H,37,41)(H,38,40)(H,39,42)/t30-,31+/m0/s1. The van der Waals surface area contributed by atoms with Crippen LogP contribution in [-0.2, 0) is 22.7 Å². The van der Waals surface area contributed by atoms with Crippen molar-refractivity contribution in [3.63, 3.8) is 0 Å². The normalized spacial score (nSPS) is 12.0. The van der Waals surface area contributed by atoms with E-state index in [9.17, 15) is 14.4 Å². The molecule has 222 valence electrons. The largest absolute Gasteiger partial charge is 0.494 e. The van der Waals surface area contributed by atoms with E-state index >= 15 is 0 Å². The molecule has 4 rings (SSSR count). The maximum Gasteiger partial charge on any atom is 0.251 e. The van der Waals surface area contributed by atoms with E-state index in [0.717, 1.165) is 16.7 Å². The Kier molecular flexibility index (Phi) is 11.4. The van der Waals surface area contributed by atoms with Crippen LogP contribution in [0, 0.1) is 0 Å². The maximum atomic E-state index is 13.7. The highest BCUT2D eigenvalue weighted by Gasteiger charge is 2.26. The Hall–Kier alpha value is -5.02. The smallest absolute Gasteiger partial charge is 0.251 e. The number of ether oxygens (including phenoxy) is 1. The van der Waals surface area contributed by atoms with Crippen LogP contribution in [0.2, 0.25) is 0 Å². The van der Waals surface area contributed by atoms with E-state index in [2.05, 4.69) is 20.9 Å². The van der Waals surface area contributed by atoms with Gasteiger partial charge in [-0.25, -0.2) is 0 Å². The number of hydrogen-bond acceptors (Lipinski definition) is 6. The lowest BCUT2D eigenvalue weighted by Gasteiger charge is -2.22. The lowest BCUT2D eigenvalue weighted by Crippen LogP contribution is -2.41. The fourth-order valence-corrected chi connectivity index (χ4v) is 4.60. The zero-order chi connectivity index (χ0) is 30.4. The summed E-state index contributed by atoms with van der Waals surface area (Å²) in [6.07, 6.45) is 3.07. The number of carbonyl (C=O) groups excluding carboxylic acids is 3. The van der Waals surface area contributed by atoms with Gasteiger partial charge in [0.2, 0.25) is 11.8 Å². The summed E-state index contributed by atoms with van der Waals surface area (Å²) in [4.78, 5) is 43.8. The molecule has 0 saturated carbocycles. The third-order valence-electron chi connectivity index (χ3n) is 7.04. The van der Waals surface area contributed by atoms with E-state index in [-0.39, 0.29) is 30.8 Å². The first-order valence-electron chi connectivity index (χ1n) is 14.3. The third-order valence-corrected chi connectivity index (χ3v) is 7.04. The van der Waals surface area contributed by atoms with Crippen LogP contribution >= 0.6 is 0 Å². The fourth-order valence-electron chi connectivity index (χ4n) is 4.60. The van der Waals surface area contributed by atoms with E-state index in [1.807, 2.05) is 73.7 Å². The van der Waals surface area contributed by atoms with Gasteiger partial charge in [-0.05, 0) is 53.4 Å². The molecule has 5 N–H and O–H groups in total. The van der Waals surface area contributed by atoms with Crippen LogP contribution in [0.4, 0.5) is 0 Å². The molecular weight excluding hydrogens is 542 g/mol. The topological polar surface area (TPSA) is 135 Å². The van der Waals surface area contributed by atoms with E-state index in [1.165, 1.54) is 12.4 Å². The van der Waals surface area contributed by atoms with Crippen LogP contribution in [0.1, 0.15) is 51.4 Å². The lowest BCUT2D eigenvalue weighted by atomic mass is 9.95. The minimum Gasteiger partial charge on any atom is -0.494 e. The van der Waals surface area contributed by atoms with Crippen LogP contribution in [0.15, 0.2) is 103 Å². The summed E-state index contributed by atoms with van der Waals surface area (Å²) in [7, 11) is 0.